The molecule has 2 aromatic rings. The molecule has 3 N–H and O–H groups in total. The molecular weight excluding hydrogens is 430 g/mol. The Balaban J connectivity index is 1.67. The number of carbonyl (C=O) groups is 1. The fourth-order valence-electron chi connectivity index (χ4n) is 3.06. The third-order valence-electron chi connectivity index (χ3n) is 4.75. The van der Waals surface area contributed by atoms with Crippen LogP contribution in [0, 0.1) is 0 Å². The van der Waals surface area contributed by atoms with E-state index in [0.717, 1.165) is 12.8 Å². The van der Waals surface area contributed by atoms with Crippen molar-refractivity contribution in [2.24, 2.45) is 5.14 Å². The maximum Gasteiger partial charge on any atom is 0.255 e. The van der Waals surface area contributed by atoms with Crippen molar-refractivity contribution in [3.05, 3.63) is 54.1 Å². The lowest BCUT2D eigenvalue weighted by molar-refractivity contribution is 0.0979. The molecule has 0 saturated carbocycles. The number of nitrogens with zero attached hydrogens (tertiary/aromatic N) is 1. The Morgan fingerprint density at radius 3 is 2.20 bits per heavy atom. The van der Waals surface area contributed by atoms with Gasteiger partial charge in [0.15, 0.2) is 0 Å². The Bertz CT molecular complexity index is 1110. The van der Waals surface area contributed by atoms with Crippen LogP contribution in [0.1, 0.15) is 23.2 Å². The highest BCUT2D eigenvalue weighted by atomic mass is 32.2. The number of ether oxygens (including phenoxy) is 1. The van der Waals surface area contributed by atoms with Crippen molar-refractivity contribution in [1.29, 1.82) is 0 Å². The maximum atomic E-state index is 12.7. The highest BCUT2D eigenvalue weighted by Gasteiger charge is 2.26. The summed E-state index contributed by atoms with van der Waals surface area (Å²) in [5.41, 5.74) is 0.631. The van der Waals surface area contributed by atoms with E-state index in [2.05, 4.69) is 5.32 Å². The third-order valence-corrected chi connectivity index (χ3v) is 7.52. The first kappa shape index (κ1) is 22.4. The van der Waals surface area contributed by atoms with E-state index in [4.69, 9.17) is 9.88 Å². The lowest BCUT2D eigenvalue weighted by Gasteiger charge is -2.20. The number of primary sulfonamides is 1. The van der Waals surface area contributed by atoms with Gasteiger partial charge in [0.05, 0.1) is 15.9 Å². The first-order valence-corrected chi connectivity index (χ1v) is 12.2. The molecule has 2 aromatic carbocycles. The van der Waals surface area contributed by atoms with Crippen LogP contribution in [-0.4, -0.2) is 53.4 Å². The molecule has 1 aliphatic heterocycles. The van der Waals surface area contributed by atoms with Crippen molar-refractivity contribution >= 4 is 31.6 Å². The average molecular weight is 454 g/mol. The number of sulfonamides is 2. The quantitative estimate of drug-likeness (QED) is 0.650. The number of hydrogen-bond donors (Lipinski definition) is 2. The number of amides is 1. The minimum atomic E-state index is -3.82. The zero-order chi connectivity index (χ0) is 21.9. The second kappa shape index (κ2) is 8.82. The van der Waals surface area contributed by atoms with Crippen LogP contribution >= 0.6 is 0 Å². The van der Waals surface area contributed by atoms with Crippen LogP contribution in [0.5, 0.6) is 0 Å². The molecule has 1 aliphatic rings. The van der Waals surface area contributed by atoms with E-state index >= 15 is 0 Å². The Morgan fingerprint density at radius 1 is 1.07 bits per heavy atom. The first-order chi connectivity index (χ1) is 14.1. The van der Waals surface area contributed by atoms with Crippen molar-refractivity contribution < 1.29 is 26.4 Å². The number of rotatable bonds is 7. The lowest BCUT2D eigenvalue weighted by Crippen LogP contribution is -2.34. The molecule has 11 heteroatoms. The molecule has 0 bridgehead atoms. The number of anilines is 1. The van der Waals surface area contributed by atoms with Crippen molar-refractivity contribution in [3.63, 3.8) is 0 Å². The molecule has 0 aromatic heterocycles. The summed E-state index contributed by atoms with van der Waals surface area (Å²) in [5.74, 6) is -0.463. The van der Waals surface area contributed by atoms with Crippen LogP contribution in [0.25, 0.3) is 0 Å². The predicted octanol–water partition coefficient (Wildman–Crippen LogP) is 1.39. The molecule has 0 spiro atoms. The summed E-state index contributed by atoms with van der Waals surface area (Å²) < 4.78 is 54.7. The van der Waals surface area contributed by atoms with E-state index in [1.165, 1.54) is 59.9 Å². The van der Waals surface area contributed by atoms with Gasteiger partial charge in [-0.1, -0.05) is 0 Å². The summed E-state index contributed by atoms with van der Waals surface area (Å²) >= 11 is 0. The van der Waals surface area contributed by atoms with E-state index in [1.54, 1.807) is 0 Å². The smallest absolute Gasteiger partial charge is 0.255 e. The first-order valence-electron chi connectivity index (χ1n) is 9.19. The fraction of sp³-hybridized carbons (Fsp3) is 0.316. The van der Waals surface area contributed by atoms with Gasteiger partial charge in [0.1, 0.15) is 0 Å². The summed E-state index contributed by atoms with van der Waals surface area (Å²) in [7, 11) is -6.01. The van der Waals surface area contributed by atoms with Crippen LogP contribution in [0.2, 0.25) is 0 Å². The van der Waals surface area contributed by atoms with Gasteiger partial charge in [0.2, 0.25) is 20.0 Å². The molecule has 1 fully saturated rings. The van der Waals surface area contributed by atoms with Gasteiger partial charge in [-0.2, -0.15) is 4.31 Å². The predicted molar refractivity (Wildman–Crippen MR) is 111 cm³/mol. The van der Waals surface area contributed by atoms with Gasteiger partial charge in [-0.25, -0.2) is 22.0 Å². The van der Waals surface area contributed by atoms with Gasteiger partial charge >= 0.3 is 0 Å². The minimum absolute atomic E-state index is 0.0674. The molecule has 1 atom stereocenters. The van der Waals surface area contributed by atoms with E-state index in [9.17, 15) is 21.6 Å². The normalized spacial score (nSPS) is 17.2. The van der Waals surface area contributed by atoms with E-state index in [-0.39, 0.29) is 28.0 Å². The number of hydrogen-bond acceptors (Lipinski definition) is 6. The molecule has 30 heavy (non-hydrogen) atoms. The summed E-state index contributed by atoms with van der Waals surface area (Å²) in [5, 5.41) is 7.66. The molecule has 9 nitrogen and oxygen atoms in total. The summed E-state index contributed by atoms with van der Waals surface area (Å²) in [6.07, 6.45) is 1.65. The van der Waals surface area contributed by atoms with Crippen molar-refractivity contribution in [2.45, 2.75) is 28.7 Å². The Kier molecular flexibility index (Phi) is 6.58. The van der Waals surface area contributed by atoms with Gasteiger partial charge in [-0.15, -0.1) is 0 Å². The summed E-state index contributed by atoms with van der Waals surface area (Å²) in [6.45, 7) is 0.923. The molecule has 1 amide bonds. The van der Waals surface area contributed by atoms with E-state index in [0.29, 0.717) is 12.3 Å². The molecule has 3 rings (SSSR count). The second-order valence-corrected chi connectivity index (χ2v) is 10.6. The fourth-order valence-corrected chi connectivity index (χ4v) is 4.78. The number of carbonyl (C=O) groups excluding carboxylic acids is 1. The van der Waals surface area contributed by atoms with Crippen LogP contribution < -0.4 is 10.5 Å². The van der Waals surface area contributed by atoms with Gasteiger partial charge in [-0.3, -0.25) is 4.79 Å². The van der Waals surface area contributed by atoms with Gasteiger partial charge < -0.3 is 10.1 Å². The standard InChI is InChI=1S/C19H23N3O6S2/c1-22(13-16-3-2-12-28-16)30(26,27)18-8-4-14(5-9-18)19(23)21-15-6-10-17(11-7-15)29(20,24)25/h4-11,16H,2-3,12-13H2,1H3,(H,21,23)(H2,20,24,25)/t16-/m0/s1. The molecule has 0 unspecified atom stereocenters. The molecule has 1 saturated heterocycles. The number of nitrogens with one attached hydrogen (secondary N) is 1. The summed E-state index contributed by atoms with van der Waals surface area (Å²) in [4.78, 5) is 12.4. The van der Waals surface area contributed by atoms with Gasteiger partial charge in [0, 0.05) is 31.5 Å². The SMILES string of the molecule is CN(C[C@@H]1CCCO1)S(=O)(=O)c1ccc(C(=O)Nc2ccc(S(N)(=O)=O)cc2)cc1. The number of nitrogens with two attached hydrogens (primary N) is 1. The van der Waals surface area contributed by atoms with Crippen LogP contribution in [-0.2, 0) is 24.8 Å². The van der Waals surface area contributed by atoms with E-state index in [1.807, 2.05) is 0 Å². The van der Waals surface area contributed by atoms with Crippen molar-refractivity contribution in [3.8, 4) is 0 Å². The highest BCUT2D eigenvalue weighted by molar-refractivity contribution is 7.89. The topological polar surface area (TPSA) is 136 Å². The number of likely N-dealkylation sites (N-methyl/N-ethyl adjacent to an activating group) is 1. The molecular formula is C19H23N3O6S2. The maximum absolute atomic E-state index is 12.7. The number of benzene rings is 2. The molecule has 0 radical (unpaired) electrons. The lowest BCUT2D eigenvalue weighted by atomic mass is 10.2. The Labute approximate surface area is 175 Å². The van der Waals surface area contributed by atoms with Gasteiger partial charge in [0.25, 0.3) is 5.91 Å². The second-order valence-electron chi connectivity index (χ2n) is 6.97. The average Bonchev–Trinajstić information content (AvgIpc) is 3.21. The van der Waals surface area contributed by atoms with Gasteiger partial charge in [-0.05, 0) is 61.4 Å². The summed E-state index contributed by atoms with van der Waals surface area (Å²) in [6, 6.07) is 11.0. The Morgan fingerprint density at radius 2 is 1.67 bits per heavy atom. The Hall–Kier alpha value is -2.31. The molecule has 0 aliphatic carbocycles. The van der Waals surface area contributed by atoms with Crippen molar-refractivity contribution in [2.75, 3.05) is 25.5 Å². The largest absolute Gasteiger partial charge is 0.377 e. The monoisotopic (exact) mass is 453 g/mol. The van der Waals surface area contributed by atoms with Crippen LogP contribution in [0.3, 0.4) is 0 Å². The molecule has 162 valence electrons. The molecule has 1 heterocycles. The van der Waals surface area contributed by atoms with Crippen LogP contribution in [0.4, 0.5) is 5.69 Å². The highest BCUT2D eigenvalue weighted by Crippen LogP contribution is 2.20. The van der Waals surface area contributed by atoms with E-state index < -0.39 is 26.0 Å². The zero-order valence-corrected chi connectivity index (χ0v) is 17.9. The van der Waals surface area contributed by atoms with Crippen molar-refractivity contribution in [1.82, 2.24) is 4.31 Å². The third kappa shape index (κ3) is 5.24. The zero-order valence-electron chi connectivity index (χ0n) is 16.3. The minimum Gasteiger partial charge on any atom is -0.377 e. The van der Waals surface area contributed by atoms with Crippen LogP contribution in [0.15, 0.2) is 58.3 Å².